The van der Waals surface area contributed by atoms with E-state index in [9.17, 15) is 23.1 Å². The van der Waals surface area contributed by atoms with Gasteiger partial charge in [0.15, 0.2) is 6.04 Å². The van der Waals surface area contributed by atoms with Crippen molar-refractivity contribution in [3.8, 4) is 0 Å². The molecular weight excluding hydrogens is 435 g/mol. The van der Waals surface area contributed by atoms with E-state index >= 15 is 0 Å². The number of fused-ring (bicyclic) bond motifs is 1. The number of halogens is 4. The highest BCUT2D eigenvalue weighted by Crippen LogP contribution is 2.43. The molecule has 0 spiro atoms. The first kappa shape index (κ1) is 20.2. The van der Waals surface area contributed by atoms with Crippen molar-refractivity contribution in [1.82, 2.24) is 4.90 Å². The van der Waals surface area contributed by atoms with Crippen LogP contribution in [-0.4, -0.2) is 22.3 Å². The van der Waals surface area contributed by atoms with Crippen LogP contribution in [0.3, 0.4) is 0 Å². The summed E-state index contributed by atoms with van der Waals surface area (Å²) in [4.78, 5) is 12.5. The van der Waals surface area contributed by atoms with E-state index in [1.165, 1.54) is 31.2 Å². The van der Waals surface area contributed by atoms with Gasteiger partial charge in [-0.25, -0.2) is 4.79 Å². The minimum absolute atomic E-state index is 0.134. The second-order valence-corrected chi connectivity index (χ2v) is 7.35. The van der Waals surface area contributed by atoms with Gasteiger partial charge >= 0.3 is 12.3 Å². The molecule has 0 radical (unpaired) electrons. The quantitative estimate of drug-likeness (QED) is 0.466. The van der Waals surface area contributed by atoms with Crippen LogP contribution in [0.15, 0.2) is 71.2 Å². The summed E-state index contributed by atoms with van der Waals surface area (Å²) in [5.41, 5.74) is 0.386. The molecule has 2 unspecified atom stereocenters. The van der Waals surface area contributed by atoms with Crippen molar-refractivity contribution in [3.05, 3.63) is 82.3 Å². The minimum atomic E-state index is -4.77. The van der Waals surface area contributed by atoms with Gasteiger partial charge in [-0.3, -0.25) is 4.90 Å². The van der Waals surface area contributed by atoms with Gasteiger partial charge in [0.1, 0.15) is 0 Å². The molecule has 3 aromatic carbocycles. The number of hydrogen-bond donors (Lipinski definition) is 1. The van der Waals surface area contributed by atoms with Crippen LogP contribution in [0, 0.1) is 0 Å². The van der Waals surface area contributed by atoms with Crippen molar-refractivity contribution in [3.63, 3.8) is 0 Å². The van der Waals surface area contributed by atoms with Crippen LogP contribution < -0.4 is 0 Å². The predicted octanol–water partition coefficient (Wildman–Crippen LogP) is 6.95. The topological polar surface area (TPSA) is 40.5 Å². The van der Waals surface area contributed by atoms with Gasteiger partial charge < -0.3 is 5.11 Å². The Labute approximate surface area is 168 Å². The monoisotopic (exact) mass is 451 g/mol. The second kappa shape index (κ2) is 7.83. The SMILES string of the molecule is CC(c1cccc2ccccc12)N(C(=O)O)C(c1ccc(Br)cc1)C(F)(F)F. The van der Waals surface area contributed by atoms with E-state index in [-0.39, 0.29) is 5.56 Å². The number of carbonyl (C=O) groups is 1. The van der Waals surface area contributed by atoms with Crippen molar-refractivity contribution in [2.45, 2.75) is 25.2 Å². The van der Waals surface area contributed by atoms with E-state index in [1.54, 1.807) is 24.3 Å². The molecule has 0 heterocycles. The first-order chi connectivity index (χ1) is 13.2. The number of alkyl halides is 3. The maximum Gasteiger partial charge on any atom is 0.413 e. The maximum atomic E-state index is 14.0. The van der Waals surface area contributed by atoms with Gasteiger partial charge in [0.05, 0.1) is 6.04 Å². The average molecular weight is 452 g/mol. The molecule has 0 saturated heterocycles. The Hall–Kier alpha value is -2.54. The molecule has 0 aliphatic heterocycles. The first-order valence-electron chi connectivity index (χ1n) is 8.51. The van der Waals surface area contributed by atoms with E-state index < -0.39 is 24.4 Å². The Morgan fingerprint density at radius 3 is 2.21 bits per heavy atom. The maximum absolute atomic E-state index is 14.0. The van der Waals surface area contributed by atoms with Crippen LogP contribution >= 0.6 is 15.9 Å². The van der Waals surface area contributed by atoms with E-state index in [0.717, 1.165) is 10.8 Å². The summed E-state index contributed by atoms with van der Waals surface area (Å²) in [6, 6.07) is 14.7. The minimum Gasteiger partial charge on any atom is -0.465 e. The van der Waals surface area contributed by atoms with Gasteiger partial charge in [0.2, 0.25) is 0 Å². The Kier molecular flexibility index (Phi) is 5.65. The van der Waals surface area contributed by atoms with Crippen molar-refractivity contribution >= 4 is 32.8 Å². The summed E-state index contributed by atoms with van der Waals surface area (Å²) in [5, 5.41) is 11.3. The molecular formula is C21H17BrF3NO2. The molecule has 0 saturated carbocycles. The van der Waals surface area contributed by atoms with Crippen LogP contribution in [0.25, 0.3) is 10.8 Å². The fraction of sp³-hybridized carbons (Fsp3) is 0.190. The molecule has 146 valence electrons. The molecule has 3 aromatic rings. The van der Waals surface area contributed by atoms with Crippen molar-refractivity contribution in [2.24, 2.45) is 0 Å². The van der Waals surface area contributed by atoms with Gasteiger partial charge in [-0.1, -0.05) is 70.5 Å². The molecule has 0 aliphatic rings. The molecule has 0 aromatic heterocycles. The molecule has 3 rings (SSSR count). The highest BCUT2D eigenvalue weighted by atomic mass is 79.9. The Balaban J connectivity index is 2.14. The van der Waals surface area contributed by atoms with Crippen molar-refractivity contribution < 1.29 is 23.1 Å². The second-order valence-electron chi connectivity index (χ2n) is 6.43. The number of carboxylic acid groups (broad SMARTS) is 1. The van der Waals surface area contributed by atoms with Crippen LogP contribution in [0.4, 0.5) is 18.0 Å². The Morgan fingerprint density at radius 2 is 1.61 bits per heavy atom. The predicted molar refractivity (Wildman–Crippen MR) is 105 cm³/mol. The van der Waals surface area contributed by atoms with Crippen LogP contribution in [0.5, 0.6) is 0 Å². The number of hydrogen-bond acceptors (Lipinski definition) is 1. The normalized spacial score (nSPS) is 13.9. The molecule has 0 bridgehead atoms. The molecule has 1 N–H and O–H groups in total. The van der Waals surface area contributed by atoms with Gasteiger partial charge in [-0.2, -0.15) is 13.2 Å². The van der Waals surface area contributed by atoms with Crippen molar-refractivity contribution in [1.29, 1.82) is 0 Å². The highest BCUT2D eigenvalue weighted by molar-refractivity contribution is 9.10. The van der Waals surface area contributed by atoms with E-state index in [4.69, 9.17) is 0 Å². The summed E-state index contributed by atoms with van der Waals surface area (Å²) < 4.78 is 42.6. The molecule has 3 nitrogen and oxygen atoms in total. The Bertz CT molecular complexity index is 984. The molecule has 7 heteroatoms. The first-order valence-corrected chi connectivity index (χ1v) is 9.30. The lowest BCUT2D eigenvalue weighted by atomic mass is 9.96. The zero-order valence-corrected chi connectivity index (χ0v) is 16.4. The zero-order chi connectivity index (χ0) is 20.5. The zero-order valence-electron chi connectivity index (χ0n) is 14.8. The third kappa shape index (κ3) is 3.99. The van der Waals surface area contributed by atoms with Crippen LogP contribution in [-0.2, 0) is 0 Å². The molecule has 2 atom stereocenters. The summed E-state index contributed by atoms with van der Waals surface area (Å²) >= 11 is 3.19. The fourth-order valence-electron chi connectivity index (χ4n) is 3.42. The third-order valence-electron chi connectivity index (χ3n) is 4.69. The van der Waals surface area contributed by atoms with Gasteiger partial charge in [-0.05, 0) is 41.0 Å². The van der Waals surface area contributed by atoms with Crippen LogP contribution in [0.1, 0.15) is 30.1 Å². The molecule has 1 amide bonds. The number of benzene rings is 3. The lowest BCUT2D eigenvalue weighted by Crippen LogP contribution is -2.43. The lowest BCUT2D eigenvalue weighted by molar-refractivity contribution is -0.185. The summed E-state index contributed by atoms with van der Waals surface area (Å²) in [6.45, 7) is 1.48. The van der Waals surface area contributed by atoms with E-state index in [1.807, 2.05) is 18.2 Å². The van der Waals surface area contributed by atoms with Gasteiger partial charge in [-0.15, -0.1) is 0 Å². The number of rotatable bonds is 4. The largest absolute Gasteiger partial charge is 0.465 e. The highest BCUT2D eigenvalue weighted by Gasteiger charge is 2.48. The van der Waals surface area contributed by atoms with Gasteiger partial charge in [0.25, 0.3) is 0 Å². The Morgan fingerprint density at radius 1 is 1.00 bits per heavy atom. The third-order valence-corrected chi connectivity index (χ3v) is 5.21. The van der Waals surface area contributed by atoms with E-state index in [2.05, 4.69) is 15.9 Å². The molecule has 28 heavy (non-hydrogen) atoms. The van der Waals surface area contributed by atoms with E-state index in [0.29, 0.717) is 14.9 Å². The number of nitrogens with zero attached hydrogens (tertiary/aromatic N) is 1. The summed E-state index contributed by atoms with van der Waals surface area (Å²) in [7, 11) is 0. The summed E-state index contributed by atoms with van der Waals surface area (Å²) in [5.74, 6) is 0. The van der Waals surface area contributed by atoms with Crippen molar-refractivity contribution in [2.75, 3.05) is 0 Å². The standard InChI is InChI=1S/C21H17BrF3NO2/c1-13(17-8-4-6-14-5-2-3-7-18(14)17)26(20(27)28)19(21(23,24)25)15-9-11-16(22)12-10-15/h2-13,19H,1H3,(H,27,28). The lowest BCUT2D eigenvalue weighted by Gasteiger charge is -2.36. The molecule has 0 fully saturated rings. The van der Waals surface area contributed by atoms with Gasteiger partial charge in [0, 0.05) is 4.47 Å². The number of amides is 1. The average Bonchev–Trinajstić information content (AvgIpc) is 2.65. The molecule has 0 aliphatic carbocycles. The smallest absolute Gasteiger partial charge is 0.413 e. The fourth-order valence-corrected chi connectivity index (χ4v) is 3.68. The van der Waals surface area contributed by atoms with Crippen LogP contribution in [0.2, 0.25) is 0 Å². The summed E-state index contributed by atoms with van der Waals surface area (Å²) in [6.07, 6.45) is -6.41.